The lowest BCUT2D eigenvalue weighted by molar-refractivity contribution is 0.103. The van der Waals surface area contributed by atoms with Crippen molar-refractivity contribution in [1.82, 2.24) is 4.98 Å². The second-order valence-electron chi connectivity index (χ2n) is 3.74. The quantitative estimate of drug-likeness (QED) is 0.733. The second-order valence-corrected chi connectivity index (χ2v) is 3.74. The molecule has 0 radical (unpaired) electrons. The van der Waals surface area contributed by atoms with Crippen LogP contribution in [0.5, 0.6) is 0 Å². The first kappa shape index (κ1) is 11.0. The van der Waals surface area contributed by atoms with Crippen LogP contribution in [0, 0.1) is 18.3 Å². The summed E-state index contributed by atoms with van der Waals surface area (Å²) in [5.41, 5.74) is 2.35. The molecule has 0 aliphatic rings. The van der Waals surface area contributed by atoms with Crippen LogP contribution in [0.15, 0.2) is 42.6 Å². The molecule has 2 rings (SSSR count). The molecule has 0 aliphatic carbocycles. The highest BCUT2D eigenvalue weighted by Crippen LogP contribution is 2.10. The normalized spacial score (nSPS) is 9.65. The third-order valence-corrected chi connectivity index (χ3v) is 2.40. The number of pyridine rings is 1. The lowest BCUT2D eigenvalue weighted by Crippen LogP contribution is -2.04. The zero-order valence-electron chi connectivity index (χ0n) is 9.34. The van der Waals surface area contributed by atoms with Gasteiger partial charge in [-0.2, -0.15) is 5.26 Å². The Hall–Kier alpha value is -2.47. The van der Waals surface area contributed by atoms with E-state index in [2.05, 4.69) is 4.98 Å². The van der Waals surface area contributed by atoms with E-state index in [1.165, 1.54) is 0 Å². The number of carbonyl (C=O) groups is 1. The van der Waals surface area contributed by atoms with Crippen LogP contribution in [-0.4, -0.2) is 10.8 Å². The molecule has 82 valence electrons. The molecule has 3 heteroatoms. The van der Waals surface area contributed by atoms with Crippen LogP contribution >= 0.6 is 0 Å². The zero-order valence-corrected chi connectivity index (χ0v) is 9.34. The van der Waals surface area contributed by atoms with Crippen molar-refractivity contribution < 1.29 is 4.79 Å². The predicted octanol–water partition coefficient (Wildman–Crippen LogP) is 2.49. The van der Waals surface area contributed by atoms with Gasteiger partial charge in [0.2, 0.25) is 5.78 Å². The maximum Gasteiger partial charge on any atom is 0.211 e. The molecule has 0 fully saturated rings. The Morgan fingerprint density at radius 3 is 2.82 bits per heavy atom. The summed E-state index contributed by atoms with van der Waals surface area (Å²) in [6, 6.07) is 12.2. The second kappa shape index (κ2) is 4.58. The maximum absolute atomic E-state index is 12.1. The van der Waals surface area contributed by atoms with E-state index in [0.29, 0.717) is 16.8 Å². The highest BCUT2D eigenvalue weighted by Gasteiger charge is 2.10. The summed E-state index contributed by atoms with van der Waals surface area (Å²) in [6.45, 7) is 1.91. The Morgan fingerprint density at radius 1 is 1.29 bits per heavy atom. The van der Waals surface area contributed by atoms with Gasteiger partial charge >= 0.3 is 0 Å². The van der Waals surface area contributed by atoms with E-state index in [9.17, 15) is 4.79 Å². The molecule has 1 aromatic heterocycles. The van der Waals surface area contributed by atoms with Crippen LogP contribution in [0.1, 0.15) is 27.2 Å². The zero-order chi connectivity index (χ0) is 12.3. The Bertz CT molecular complexity index is 612. The topological polar surface area (TPSA) is 53.8 Å². The fraction of sp³-hybridized carbons (Fsp3) is 0.0714. The number of hydrogen-bond donors (Lipinski definition) is 0. The van der Waals surface area contributed by atoms with Crippen molar-refractivity contribution in [1.29, 1.82) is 5.26 Å². The van der Waals surface area contributed by atoms with Gasteiger partial charge in [0.1, 0.15) is 5.69 Å². The standard InChI is InChI=1S/C14H10N2O/c1-10-5-6-16-13(7-10)14(17)12-4-2-3-11(8-12)9-15/h2-8H,1H3. The summed E-state index contributed by atoms with van der Waals surface area (Å²) in [7, 11) is 0. The molecular formula is C14H10N2O. The molecule has 2 aromatic rings. The van der Waals surface area contributed by atoms with Crippen LogP contribution in [0.2, 0.25) is 0 Å². The van der Waals surface area contributed by atoms with Crippen LogP contribution in [0.3, 0.4) is 0 Å². The molecule has 0 unspecified atom stereocenters. The molecular weight excluding hydrogens is 212 g/mol. The van der Waals surface area contributed by atoms with E-state index in [0.717, 1.165) is 5.56 Å². The molecule has 0 spiro atoms. The van der Waals surface area contributed by atoms with Crippen molar-refractivity contribution in [2.24, 2.45) is 0 Å². The van der Waals surface area contributed by atoms with Crippen LogP contribution in [0.25, 0.3) is 0 Å². The fourth-order valence-corrected chi connectivity index (χ4v) is 1.54. The van der Waals surface area contributed by atoms with E-state index < -0.39 is 0 Å². The fourth-order valence-electron chi connectivity index (χ4n) is 1.54. The van der Waals surface area contributed by atoms with Crippen molar-refractivity contribution in [3.63, 3.8) is 0 Å². The van der Waals surface area contributed by atoms with E-state index in [1.54, 1.807) is 36.5 Å². The number of ketones is 1. The minimum absolute atomic E-state index is 0.161. The third kappa shape index (κ3) is 2.37. The molecule has 0 bridgehead atoms. The number of rotatable bonds is 2. The number of aryl methyl sites for hydroxylation is 1. The van der Waals surface area contributed by atoms with Gasteiger partial charge in [0.05, 0.1) is 11.6 Å². The lowest BCUT2D eigenvalue weighted by Gasteiger charge is -2.01. The van der Waals surface area contributed by atoms with E-state index in [4.69, 9.17) is 5.26 Å². The number of benzene rings is 1. The molecule has 1 aromatic carbocycles. The number of aromatic nitrogens is 1. The SMILES string of the molecule is Cc1ccnc(C(=O)c2cccc(C#N)c2)c1. The van der Waals surface area contributed by atoms with Crippen LogP contribution < -0.4 is 0 Å². The molecule has 0 N–H and O–H groups in total. The molecule has 0 amide bonds. The van der Waals surface area contributed by atoms with E-state index in [-0.39, 0.29) is 5.78 Å². The van der Waals surface area contributed by atoms with Crippen molar-refractivity contribution in [2.45, 2.75) is 6.92 Å². The minimum Gasteiger partial charge on any atom is -0.287 e. The Kier molecular flexibility index (Phi) is 2.97. The summed E-state index contributed by atoms with van der Waals surface area (Å²) in [4.78, 5) is 16.1. The molecule has 3 nitrogen and oxygen atoms in total. The Morgan fingerprint density at radius 2 is 2.12 bits per heavy atom. The summed E-state index contributed by atoms with van der Waals surface area (Å²) in [5, 5.41) is 8.78. The van der Waals surface area contributed by atoms with E-state index >= 15 is 0 Å². The molecule has 0 aliphatic heterocycles. The lowest BCUT2D eigenvalue weighted by atomic mass is 10.0. The monoisotopic (exact) mass is 222 g/mol. The molecule has 0 atom stereocenters. The molecule has 0 saturated heterocycles. The molecule has 0 saturated carbocycles. The highest BCUT2D eigenvalue weighted by molar-refractivity contribution is 6.07. The average Bonchev–Trinajstić information content (AvgIpc) is 2.38. The van der Waals surface area contributed by atoms with Gasteiger partial charge in [0.15, 0.2) is 0 Å². The van der Waals surface area contributed by atoms with Crippen molar-refractivity contribution in [2.75, 3.05) is 0 Å². The summed E-state index contributed by atoms with van der Waals surface area (Å²) < 4.78 is 0. The first-order valence-corrected chi connectivity index (χ1v) is 5.18. The Balaban J connectivity index is 2.41. The van der Waals surface area contributed by atoms with Gasteiger partial charge in [0, 0.05) is 11.8 Å². The van der Waals surface area contributed by atoms with Crippen LogP contribution in [-0.2, 0) is 0 Å². The smallest absolute Gasteiger partial charge is 0.211 e. The van der Waals surface area contributed by atoms with Crippen LogP contribution in [0.4, 0.5) is 0 Å². The third-order valence-electron chi connectivity index (χ3n) is 2.40. The molecule has 1 heterocycles. The van der Waals surface area contributed by atoms with Gasteiger partial charge in [-0.15, -0.1) is 0 Å². The van der Waals surface area contributed by atoms with Crippen molar-refractivity contribution in [3.05, 3.63) is 65.0 Å². The van der Waals surface area contributed by atoms with Gasteiger partial charge in [-0.05, 0) is 36.8 Å². The first-order valence-electron chi connectivity index (χ1n) is 5.18. The van der Waals surface area contributed by atoms with Gasteiger partial charge in [-0.25, -0.2) is 0 Å². The van der Waals surface area contributed by atoms with E-state index in [1.807, 2.05) is 19.1 Å². The van der Waals surface area contributed by atoms with Crippen molar-refractivity contribution >= 4 is 5.78 Å². The number of nitrogens with zero attached hydrogens (tertiary/aromatic N) is 2. The van der Waals surface area contributed by atoms with Gasteiger partial charge < -0.3 is 0 Å². The van der Waals surface area contributed by atoms with Gasteiger partial charge in [0.25, 0.3) is 0 Å². The highest BCUT2D eigenvalue weighted by atomic mass is 16.1. The number of carbonyl (C=O) groups excluding carboxylic acids is 1. The summed E-state index contributed by atoms with van der Waals surface area (Å²) in [6.07, 6.45) is 1.61. The largest absolute Gasteiger partial charge is 0.287 e. The van der Waals surface area contributed by atoms with Crippen molar-refractivity contribution in [3.8, 4) is 6.07 Å². The average molecular weight is 222 g/mol. The molecule has 17 heavy (non-hydrogen) atoms. The summed E-state index contributed by atoms with van der Waals surface area (Å²) >= 11 is 0. The Labute approximate surface area is 99.4 Å². The van der Waals surface area contributed by atoms with Gasteiger partial charge in [-0.3, -0.25) is 9.78 Å². The minimum atomic E-state index is -0.161. The predicted molar refractivity (Wildman–Crippen MR) is 63.6 cm³/mol. The number of hydrogen-bond acceptors (Lipinski definition) is 3. The number of nitriles is 1. The maximum atomic E-state index is 12.1. The first-order chi connectivity index (χ1) is 8.20. The summed E-state index contributed by atoms with van der Waals surface area (Å²) in [5.74, 6) is -0.161. The van der Waals surface area contributed by atoms with Gasteiger partial charge in [-0.1, -0.05) is 12.1 Å².